The Morgan fingerprint density at radius 3 is 2.63 bits per heavy atom. The van der Waals surface area contributed by atoms with Gasteiger partial charge in [0, 0.05) is 29.7 Å². The van der Waals surface area contributed by atoms with E-state index in [1.54, 1.807) is 0 Å². The lowest BCUT2D eigenvalue weighted by molar-refractivity contribution is -0.170. The first-order valence-corrected chi connectivity index (χ1v) is 12.1. The van der Waals surface area contributed by atoms with Crippen molar-refractivity contribution in [3.63, 3.8) is 0 Å². The summed E-state index contributed by atoms with van der Waals surface area (Å²) in [5, 5.41) is 16.4. The van der Waals surface area contributed by atoms with Gasteiger partial charge in [-0.05, 0) is 75.5 Å². The molecule has 8 atom stereocenters. The molecule has 5 rings (SSSR count). The van der Waals surface area contributed by atoms with Gasteiger partial charge in [-0.15, -0.1) is 0 Å². The van der Waals surface area contributed by atoms with E-state index >= 15 is 0 Å². The molecular formula is C25H38N2O3. The standard InChI is InChI=1S/C25H38N2O3/c1-15-13-25(29)14-16(27-30-20-6-4-5-19(20)26)9-12-24(25,3)18-10-11-23(2)17(22(15)18)7-8-21(23)28/h17-20,22,29H,1,4-14,26H2,2-3H3/t17-,18-,19?,20?,22-,23-,24+,25+/m0/s1. The van der Waals surface area contributed by atoms with E-state index in [-0.39, 0.29) is 23.0 Å². The predicted octanol–water partition coefficient (Wildman–Crippen LogP) is 4.13. The molecule has 5 saturated carbocycles. The normalized spacial score (nSPS) is 52.1. The summed E-state index contributed by atoms with van der Waals surface area (Å²) < 4.78 is 0. The molecule has 5 fully saturated rings. The van der Waals surface area contributed by atoms with Crippen LogP contribution in [0.25, 0.3) is 0 Å². The van der Waals surface area contributed by atoms with Crippen molar-refractivity contribution in [1.82, 2.24) is 0 Å². The van der Waals surface area contributed by atoms with Gasteiger partial charge in [-0.25, -0.2) is 0 Å². The van der Waals surface area contributed by atoms with Gasteiger partial charge in [0.1, 0.15) is 11.9 Å². The van der Waals surface area contributed by atoms with E-state index in [0.717, 1.165) is 69.1 Å². The minimum atomic E-state index is -0.820. The van der Waals surface area contributed by atoms with Gasteiger partial charge in [-0.1, -0.05) is 31.2 Å². The minimum Gasteiger partial charge on any atom is -0.391 e. The number of nitrogens with zero attached hydrogens (tertiary/aromatic N) is 1. The Bertz CT molecular complexity index is 793. The molecule has 0 aromatic carbocycles. The molecule has 5 heteroatoms. The van der Waals surface area contributed by atoms with Crippen LogP contribution in [0, 0.1) is 28.6 Å². The van der Waals surface area contributed by atoms with Crippen LogP contribution in [-0.4, -0.2) is 34.3 Å². The Balaban J connectivity index is 1.38. The van der Waals surface area contributed by atoms with E-state index in [4.69, 9.17) is 10.6 Å². The molecule has 166 valence electrons. The lowest BCUT2D eigenvalue weighted by atomic mass is 9.43. The van der Waals surface area contributed by atoms with Gasteiger partial charge in [0.05, 0.1) is 11.3 Å². The Labute approximate surface area is 180 Å². The third-order valence-electron chi connectivity index (χ3n) is 10.1. The number of ketones is 1. The van der Waals surface area contributed by atoms with E-state index in [2.05, 4.69) is 25.6 Å². The van der Waals surface area contributed by atoms with Crippen LogP contribution in [0.5, 0.6) is 0 Å². The van der Waals surface area contributed by atoms with Gasteiger partial charge in [0.25, 0.3) is 0 Å². The molecule has 0 spiro atoms. The molecule has 0 heterocycles. The lowest BCUT2D eigenvalue weighted by Gasteiger charge is -2.63. The van der Waals surface area contributed by atoms with Crippen molar-refractivity contribution in [3.05, 3.63) is 12.2 Å². The fraction of sp³-hybridized carbons (Fsp3) is 0.840. The maximum absolute atomic E-state index is 12.7. The molecule has 5 aliphatic rings. The van der Waals surface area contributed by atoms with Crippen LogP contribution < -0.4 is 5.73 Å². The number of nitrogens with two attached hydrogens (primary N) is 1. The van der Waals surface area contributed by atoms with Crippen LogP contribution in [0.15, 0.2) is 17.3 Å². The first-order valence-electron chi connectivity index (χ1n) is 12.1. The van der Waals surface area contributed by atoms with Crippen LogP contribution in [-0.2, 0) is 9.63 Å². The fourth-order valence-electron chi connectivity index (χ4n) is 8.06. The second kappa shape index (κ2) is 6.90. The number of carbonyl (C=O) groups excluding carboxylic acids is 1. The quantitative estimate of drug-likeness (QED) is 0.525. The molecule has 2 unspecified atom stereocenters. The topological polar surface area (TPSA) is 84.9 Å². The molecule has 0 aliphatic heterocycles. The van der Waals surface area contributed by atoms with Gasteiger partial charge in [0.2, 0.25) is 0 Å². The molecule has 30 heavy (non-hydrogen) atoms. The molecule has 0 aromatic heterocycles. The van der Waals surface area contributed by atoms with Crippen LogP contribution >= 0.6 is 0 Å². The average molecular weight is 415 g/mol. The number of aliphatic hydroxyl groups is 1. The number of hydrogen-bond acceptors (Lipinski definition) is 5. The third kappa shape index (κ3) is 2.80. The summed E-state index contributed by atoms with van der Waals surface area (Å²) in [4.78, 5) is 18.5. The van der Waals surface area contributed by atoms with Gasteiger partial charge in [-0.2, -0.15) is 0 Å². The number of carbonyl (C=O) groups is 1. The molecule has 0 saturated heterocycles. The summed E-state index contributed by atoms with van der Waals surface area (Å²) in [5.74, 6) is 1.62. The summed E-state index contributed by atoms with van der Waals surface area (Å²) in [5.41, 5.74) is 7.10. The van der Waals surface area contributed by atoms with Crippen molar-refractivity contribution >= 4 is 11.5 Å². The summed E-state index contributed by atoms with van der Waals surface area (Å²) in [6.45, 7) is 8.95. The zero-order valence-corrected chi connectivity index (χ0v) is 18.7. The van der Waals surface area contributed by atoms with Crippen molar-refractivity contribution in [2.24, 2.45) is 39.5 Å². The first-order chi connectivity index (χ1) is 14.2. The molecule has 5 nitrogen and oxygen atoms in total. The van der Waals surface area contributed by atoms with Crippen molar-refractivity contribution in [2.45, 2.75) is 102 Å². The first kappa shape index (κ1) is 20.7. The van der Waals surface area contributed by atoms with Gasteiger partial charge >= 0.3 is 0 Å². The molecule has 0 radical (unpaired) electrons. The molecule has 0 aromatic rings. The average Bonchev–Trinajstić information content (AvgIpc) is 3.24. The molecular weight excluding hydrogens is 376 g/mol. The zero-order valence-electron chi connectivity index (χ0n) is 18.7. The van der Waals surface area contributed by atoms with Gasteiger partial charge in [-0.3, -0.25) is 4.79 Å². The minimum absolute atomic E-state index is 0.0158. The number of Topliss-reactive ketones (excluding diaryl/α,β-unsaturated/α-hetero) is 1. The van der Waals surface area contributed by atoms with Crippen LogP contribution in [0.2, 0.25) is 0 Å². The number of hydrogen-bond donors (Lipinski definition) is 2. The third-order valence-corrected chi connectivity index (χ3v) is 10.1. The largest absolute Gasteiger partial charge is 0.391 e. The van der Waals surface area contributed by atoms with E-state index < -0.39 is 5.60 Å². The lowest BCUT2D eigenvalue weighted by Crippen LogP contribution is -2.63. The maximum Gasteiger partial charge on any atom is 0.142 e. The van der Waals surface area contributed by atoms with E-state index in [1.807, 2.05) is 0 Å². The monoisotopic (exact) mass is 414 g/mol. The zero-order chi connectivity index (χ0) is 21.3. The van der Waals surface area contributed by atoms with Crippen LogP contribution in [0.3, 0.4) is 0 Å². The van der Waals surface area contributed by atoms with Crippen LogP contribution in [0.1, 0.15) is 84.5 Å². The predicted molar refractivity (Wildman–Crippen MR) is 117 cm³/mol. The smallest absolute Gasteiger partial charge is 0.142 e. The van der Waals surface area contributed by atoms with E-state index in [0.29, 0.717) is 36.4 Å². The summed E-state index contributed by atoms with van der Waals surface area (Å²) >= 11 is 0. The highest BCUT2D eigenvalue weighted by Gasteiger charge is 2.65. The number of fused-ring (bicyclic) bond motifs is 5. The molecule has 5 aliphatic carbocycles. The van der Waals surface area contributed by atoms with Crippen molar-refractivity contribution < 1.29 is 14.7 Å². The van der Waals surface area contributed by atoms with Crippen molar-refractivity contribution in [3.8, 4) is 0 Å². The number of oxime groups is 1. The SMILES string of the molecule is C=C1C[C@@]2(O)CC(=NOC3CCCC3N)CC[C@]2(C)[C@H]2CC[C@]3(C)C(=O)CC[C@H]3[C@H]12. The van der Waals surface area contributed by atoms with Crippen molar-refractivity contribution in [1.29, 1.82) is 0 Å². The van der Waals surface area contributed by atoms with E-state index in [1.165, 1.54) is 0 Å². The Morgan fingerprint density at radius 2 is 1.90 bits per heavy atom. The van der Waals surface area contributed by atoms with E-state index in [9.17, 15) is 9.90 Å². The highest BCUT2D eigenvalue weighted by molar-refractivity contribution is 5.88. The Morgan fingerprint density at radius 1 is 1.10 bits per heavy atom. The van der Waals surface area contributed by atoms with Gasteiger partial charge in [0.15, 0.2) is 0 Å². The Hall–Kier alpha value is -1.20. The van der Waals surface area contributed by atoms with Gasteiger partial charge < -0.3 is 15.7 Å². The second-order valence-electron chi connectivity index (χ2n) is 11.5. The summed E-state index contributed by atoms with van der Waals surface area (Å²) in [6, 6.07) is 0.0761. The maximum atomic E-state index is 12.7. The number of rotatable bonds is 2. The Kier molecular flexibility index (Phi) is 4.76. The second-order valence-corrected chi connectivity index (χ2v) is 11.5. The summed E-state index contributed by atoms with van der Waals surface area (Å²) in [6.07, 6.45) is 9.76. The molecule has 3 N–H and O–H groups in total. The summed E-state index contributed by atoms with van der Waals surface area (Å²) in [7, 11) is 0. The highest BCUT2D eigenvalue weighted by Crippen LogP contribution is 2.67. The molecule has 0 bridgehead atoms. The van der Waals surface area contributed by atoms with Crippen LogP contribution in [0.4, 0.5) is 0 Å². The molecule has 0 amide bonds. The van der Waals surface area contributed by atoms with Crippen molar-refractivity contribution in [2.75, 3.05) is 0 Å². The highest BCUT2D eigenvalue weighted by atomic mass is 16.6. The fourth-order valence-corrected chi connectivity index (χ4v) is 8.06.